The van der Waals surface area contributed by atoms with Gasteiger partial charge >= 0.3 is 0 Å². The summed E-state index contributed by atoms with van der Waals surface area (Å²) in [6.07, 6.45) is 0. The number of anilines is 1. The van der Waals surface area contributed by atoms with Gasteiger partial charge in [0, 0.05) is 11.1 Å². The normalized spacial score (nSPS) is 10.6. The molecule has 2 aromatic rings. The van der Waals surface area contributed by atoms with Crippen LogP contribution in [0.25, 0.3) is 0 Å². The molecule has 0 aliphatic heterocycles. The van der Waals surface area contributed by atoms with Crippen molar-refractivity contribution in [3.05, 3.63) is 77.9 Å². The van der Waals surface area contributed by atoms with Crippen LogP contribution in [0.2, 0.25) is 0 Å². The molecule has 126 valence electrons. The highest BCUT2D eigenvalue weighted by Gasteiger charge is 2.09. The molecule has 2 rings (SSSR count). The molecule has 0 unspecified atom stereocenters. The van der Waals surface area contributed by atoms with E-state index < -0.39 is 0 Å². The highest BCUT2D eigenvalue weighted by Crippen LogP contribution is 2.26. The first kappa shape index (κ1) is 18.0. The topological polar surface area (TPSA) is 84.9 Å². The number of rotatable bonds is 6. The van der Waals surface area contributed by atoms with Gasteiger partial charge < -0.3 is 5.73 Å². The number of nitrogen functional groups attached to an aromatic ring is 1. The van der Waals surface area contributed by atoms with Crippen molar-refractivity contribution in [3.63, 3.8) is 0 Å². The molecule has 2 aromatic carbocycles. The van der Waals surface area contributed by atoms with Gasteiger partial charge in [0.2, 0.25) is 0 Å². The number of Topliss-reactive ketones (excluding diaryl/α,β-unsaturated/α-hetero) is 2. The number of hydrogen-bond acceptors (Lipinski definition) is 5. The average Bonchev–Trinajstić information content (AvgIpc) is 2.59. The van der Waals surface area contributed by atoms with Gasteiger partial charge in [0.25, 0.3) is 0 Å². The average molecular weight is 333 g/mol. The summed E-state index contributed by atoms with van der Waals surface area (Å²) < 4.78 is 0. The van der Waals surface area contributed by atoms with E-state index in [1.165, 1.54) is 0 Å². The lowest BCUT2D eigenvalue weighted by molar-refractivity contribution is 0.102. The summed E-state index contributed by atoms with van der Waals surface area (Å²) in [6, 6.07) is 11.5. The third-order valence-electron chi connectivity index (χ3n) is 3.47. The van der Waals surface area contributed by atoms with Crippen LogP contribution in [0.5, 0.6) is 0 Å². The summed E-state index contributed by atoms with van der Waals surface area (Å²) in [6.45, 7) is 10.6. The first-order valence-electron chi connectivity index (χ1n) is 7.61. The van der Waals surface area contributed by atoms with Crippen LogP contribution in [-0.4, -0.2) is 11.6 Å². The molecule has 5 nitrogen and oxygen atoms in total. The van der Waals surface area contributed by atoms with Crippen LogP contribution in [0.1, 0.15) is 34.6 Å². The summed E-state index contributed by atoms with van der Waals surface area (Å²) in [5.74, 6) is -0.265. The minimum atomic E-state index is -0.159. The molecular weight excluding hydrogens is 314 g/mol. The van der Waals surface area contributed by atoms with Crippen molar-refractivity contribution in [3.8, 4) is 0 Å². The Morgan fingerprint density at radius 1 is 0.840 bits per heavy atom. The van der Waals surface area contributed by atoms with Crippen LogP contribution in [0.15, 0.2) is 77.0 Å². The largest absolute Gasteiger partial charge is 0.397 e. The van der Waals surface area contributed by atoms with Gasteiger partial charge in [-0.05, 0) is 67.5 Å². The summed E-state index contributed by atoms with van der Waals surface area (Å²) >= 11 is 0. The van der Waals surface area contributed by atoms with E-state index in [4.69, 9.17) is 5.73 Å². The fourth-order valence-corrected chi connectivity index (χ4v) is 2.07. The maximum absolute atomic E-state index is 11.9. The van der Waals surface area contributed by atoms with Gasteiger partial charge in [0.1, 0.15) is 5.69 Å². The van der Waals surface area contributed by atoms with Crippen LogP contribution < -0.4 is 5.73 Å². The molecule has 0 bridgehead atoms. The summed E-state index contributed by atoms with van der Waals surface area (Å²) in [7, 11) is 0. The second kappa shape index (κ2) is 7.49. The molecule has 0 radical (unpaired) electrons. The van der Waals surface area contributed by atoms with Crippen molar-refractivity contribution in [1.29, 1.82) is 0 Å². The predicted octanol–water partition coefficient (Wildman–Crippen LogP) is 5.20. The van der Waals surface area contributed by atoms with Crippen LogP contribution in [-0.2, 0) is 0 Å². The molecule has 2 N–H and O–H groups in total. The van der Waals surface area contributed by atoms with E-state index in [-0.39, 0.29) is 11.6 Å². The van der Waals surface area contributed by atoms with Crippen LogP contribution in [0.3, 0.4) is 0 Å². The Morgan fingerprint density at radius 2 is 1.36 bits per heavy atom. The van der Waals surface area contributed by atoms with Crippen molar-refractivity contribution >= 4 is 28.6 Å². The lowest BCUT2D eigenvalue weighted by Gasteiger charge is -2.04. The van der Waals surface area contributed by atoms with Gasteiger partial charge in [0.05, 0.1) is 11.4 Å². The van der Waals surface area contributed by atoms with Gasteiger partial charge in [-0.15, -0.1) is 5.11 Å². The second-order valence-corrected chi connectivity index (χ2v) is 5.74. The lowest BCUT2D eigenvalue weighted by Crippen LogP contribution is -2.00. The Balaban J connectivity index is 2.19. The number of carbonyl (C=O) groups is 2. The predicted molar refractivity (Wildman–Crippen MR) is 99.8 cm³/mol. The van der Waals surface area contributed by atoms with E-state index in [0.29, 0.717) is 39.3 Å². The number of hydrogen-bond donors (Lipinski definition) is 1. The zero-order chi connectivity index (χ0) is 18.6. The number of nitrogens with zero attached hydrogens (tertiary/aromatic N) is 2. The number of carbonyl (C=O) groups excluding carboxylic acids is 2. The third-order valence-corrected chi connectivity index (χ3v) is 3.47. The van der Waals surface area contributed by atoms with E-state index >= 15 is 0 Å². The lowest BCUT2D eigenvalue weighted by atomic mass is 10.0. The first-order chi connectivity index (χ1) is 11.8. The molecule has 5 heteroatoms. The molecule has 0 fully saturated rings. The molecule has 0 amide bonds. The van der Waals surface area contributed by atoms with E-state index in [2.05, 4.69) is 23.4 Å². The van der Waals surface area contributed by atoms with Crippen molar-refractivity contribution in [2.24, 2.45) is 10.2 Å². The Hall–Kier alpha value is -3.34. The number of ketones is 2. The molecule has 0 aliphatic carbocycles. The molecule has 0 saturated heterocycles. The zero-order valence-electron chi connectivity index (χ0n) is 14.2. The van der Waals surface area contributed by atoms with E-state index in [1.54, 1.807) is 56.3 Å². The minimum absolute atomic E-state index is 0.106. The zero-order valence-corrected chi connectivity index (χ0v) is 14.2. The minimum Gasteiger partial charge on any atom is -0.397 e. The highest BCUT2D eigenvalue weighted by molar-refractivity contribution is 6.09. The monoisotopic (exact) mass is 333 g/mol. The standard InChI is InChI=1S/C20H19N3O2/c1-12(2)19(24)14-5-8-16(9-6-14)22-23-18-10-7-15(11-17(18)21)20(25)13(3)4/h5-11H,1,3,21H2,2,4H3. The Bertz CT molecular complexity index is 894. The fraction of sp³-hybridized carbons (Fsp3) is 0.100. The van der Waals surface area contributed by atoms with Crippen molar-refractivity contribution in [1.82, 2.24) is 0 Å². The molecule has 0 aliphatic rings. The quantitative estimate of drug-likeness (QED) is 0.341. The molecule has 25 heavy (non-hydrogen) atoms. The molecule has 0 spiro atoms. The second-order valence-electron chi connectivity index (χ2n) is 5.74. The summed E-state index contributed by atoms with van der Waals surface area (Å²) in [4.78, 5) is 23.7. The highest BCUT2D eigenvalue weighted by atomic mass is 16.1. The Kier molecular flexibility index (Phi) is 5.39. The van der Waals surface area contributed by atoms with Crippen LogP contribution in [0, 0.1) is 0 Å². The SMILES string of the molecule is C=C(C)C(=O)c1ccc(N=Nc2ccc(C(=O)C(=C)C)cc2N)cc1. The fourth-order valence-electron chi connectivity index (χ4n) is 2.07. The Morgan fingerprint density at radius 3 is 1.88 bits per heavy atom. The van der Waals surface area contributed by atoms with E-state index in [0.717, 1.165) is 0 Å². The third kappa shape index (κ3) is 4.35. The summed E-state index contributed by atoms with van der Waals surface area (Å²) in [5.41, 5.74) is 9.26. The van der Waals surface area contributed by atoms with Gasteiger partial charge in [-0.1, -0.05) is 13.2 Å². The number of allylic oxidation sites excluding steroid dienone is 2. The van der Waals surface area contributed by atoms with E-state index in [1.807, 2.05) is 0 Å². The maximum atomic E-state index is 11.9. The van der Waals surface area contributed by atoms with E-state index in [9.17, 15) is 9.59 Å². The van der Waals surface area contributed by atoms with Crippen molar-refractivity contribution < 1.29 is 9.59 Å². The smallest absolute Gasteiger partial charge is 0.188 e. The Labute approximate surface area is 146 Å². The maximum Gasteiger partial charge on any atom is 0.188 e. The van der Waals surface area contributed by atoms with Crippen LogP contribution >= 0.6 is 0 Å². The van der Waals surface area contributed by atoms with Gasteiger partial charge in [-0.2, -0.15) is 5.11 Å². The van der Waals surface area contributed by atoms with Gasteiger partial charge in [0.15, 0.2) is 11.6 Å². The molecule has 0 heterocycles. The molecule has 0 aromatic heterocycles. The number of azo groups is 1. The molecule has 0 saturated carbocycles. The van der Waals surface area contributed by atoms with Crippen molar-refractivity contribution in [2.45, 2.75) is 13.8 Å². The molecule has 0 atom stereocenters. The summed E-state index contributed by atoms with van der Waals surface area (Å²) in [5, 5.41) is 8.20. The first-order valence-corrected chi connectivity index (χ1v) is 7.61. The number of nitrogens with two attached hydrogens (primary N) is 1. The van der Waals surface area contributed by atoms with Gasteiger partial charge in [-0.25, -0.2) is 0 Å². The number of benzene rings is 2. The van der Waals surface area contributed by atoms with Crippen molar-refractivity contribution in [2.75, 3.05) is 5.73 Å². The van der Waals surface area contributed by atoms with Crippen LogP contribution in [0.4, 0.5) is 17.1 Å². The van der Waals surface area contributed by atoms with Gasteiger partial charge in [-0.3, -0.25) is 9.59 Å². The molecular formula is C20H19N3O2.